The van der Waals surface area contributed by atoms with Crippen LogP contribution in [0.25, 0.3) is 10.9 Å². The fourth-order valence-electron chi connectivity index (χ4n) is 6.62. The summed E-state index contributed by atoms with van der Waals surface area (Å²) in [5, 5.41) is 13.1. The summed E-state index contributed by atoms with van der Waals surface area (Å²) in [6.45, 7) is 7.95. The maximum Gasteiger partial charge on any atom is 0.261 e. The molecule has 1 heterocycles. The molecule has 1 aromatic heterocycles. The Hall–Kier alpha value is -3.93. The minimum absolute atomic E-state index is 0.173. The SMILES string of the molecule is COc1ccc(CCn2cnc3cc(NC(=NC4C[C@@H]5C[C@H]([C@@H]4C)C5(C)C)N(C)CCC#N)ccc3c2=O)c(F)c1. The lowest BCUT2D eigenvalue weighted by atomic mass is 9.45. The highest BCUT2D eigenvalue weighted by Gasteiger charge is 2.56. The van der Waals surface area contributed by atoms with Crippen molar-refractivity contribution < 1.29 is 9.13 Å². The molecule has 41 heavy (non-hydrogen) atoms. The fourth-order valence-corrected chi connectivity index (χ4v) is 6.62. The van der Waals surface area contributed by atoms with Crippen LogP contribution in [0.3, 0.4) is 0 Å². The van der Waals surface area contributed by atoms with Crippen molar-refractivity contribution in [1.82, 2.24) is 14.5 Å². The van der Waals surface area contributed by atoms with Gasteiger partial charge in [0.25, 0.3) is 5.56 Å². The highest BCUT2D eigenvalue weighted by atomic mass is 19.1. The van der Waals surface area contributed by atoms with Gasteiger partial charge in [-0.15, -0.1) is 0 Å². The van der Waals surface area contributed by atoms with E-state index in [4.69, 9.17) is 15.0 Å². The number of aryl methyl sites for hydroxylation is 2. The molecule has 3 saturated carbocycles. The predicted octanol–water partition coefficient (Wildman–Crippen LogP) is 5.47. The number of aromatic nitrogens is 2. The Morgan fingerprint density at radius 3 is 2.78 bits per heavy atom. The number of nitriles is 1. The summed E-state index contributed by atoms with van der Waals surface area (Å²) in [6, 6.07) is 12.7. The Labute approximate surface area is 240 Å². The second-order valence-electron chi connectivity index (χ2n) is 12.1. The molecular weight excluding hydrogens is 519 g/mol. The smallest absolute Gasteiger partial charge is 0.261 e. The van der Waals surface area contributed by atoms with Crippen LogP contribution in [0.4, 0.5) is 10.1 Å². The zero-order valence-electron chi connectivity index (χ0n) is 24.5. The first-order valence-corrected chi connectivity index (χ1v) is 14.4. The number of benzene rings is 2. The van der Waals surface area contributed by atoms with E-state index in [1.165, 1.54) is 30.5 Å². The van der Waals surface area contributed by atoms with Gasteiger partial charge < -0.3 is 15.0 Å². The molecule has 9 heteroatoms. The zero-order chi connectivity index (χ0) is 29.3. The van der Waals surface area contributed by atoms with E-state index in [-0.39, 0.29) is 17.4 Å². The van der Waals surface area contributed by atoms with Crippen molar-refractivity contribution in [2.24, 2.45) is 28.2 Å². The average molecular weight is 559 g/mol. The van der Waals surface area contributed by atoms with Gasteiger partial charge in [-0.25, -0.2) is 14.4 Å². The zero-order valence-corrected chi connectivity index (χ0v) is 24.5. The fraction of sp³-hybridized carbons (Fsp3) is 0.500. The van der Waals surface area contributed by atoms with Gasteiger partial charge >= 0.3 is 0 Å². The number of hydrogen-bond acceptors (Lipinski definition) is 5. The number of hydrogen-bond donors (Lipinski definition) is 1. The molecule has 216 valence electrons. The second-order valence-corrected chi connectivity index (χ2v) is 12.1. The van der Waals surface area contributed by atoms with Crippen LogP contribution in [0.2, 0.25) is 0 Å². The van der Waals surface area contributed by atoms with Gasteiger partial charge in [0.15, 0.2) is 5.96 Å². The number of anilines is 1. The molecule has 2 aromatic carbocycles. The van der Waals surface area contributed by atoms with Gasteiger partial charge in [-0.1, -0.05) is 26.8 Å². The molecule has 0 amide bonds. The maximum absolute atomic E-state index is 14.4. The summed E-state index contributed by atoms with van der Waals surface area (Å²) >= 11 is 0. The van der Waals surface area contributed by atoms with E-state index in [0.717, 1.165) is 18.1 Å². The Morgan fingerprint density at radius 2 is 2.10 bits per heavy atom. The van der Waals surface area contributed by atoms with Crippen LogP contribution in [0, 0.1) is 40.3 Å². The third kappa shape index (κ3) is 5.65. The third-order valence-corrected chi connectivity index (χ3v) is 9.49. The van der Waals surface area contributed by atoms with E-state index in [1.54, 1.807) is 18.2 Å². The highest BCUT2D eigenvalue weighted by molar-refractivity contribution is 5.95. The van der Waals surface area contributed by atoms with E-state index in [0.29, 0.717) is 71.3 Å². The molecule has 3 fully saturated rings. The number of fused-ring (bicyclic) bond motifs is 3. The molecule has 1 unspecified atom stereocenters. The van der Waals surface area contributed by atoms with E-state index in [2.05, 4.69) is 37.1 Å². The van der Waals surface area contributed by atoms with E-state index in [1.807, 2.05) is 24.1 Å². The van der Waals surface area contributed by atoms with Crippen LogP contribution < -0.4 is 15.6 Å². The third-order valence-electron chi connectivity index (χ3n) is 9.49. The molecular formula is C32H39FN6O2. The summed E-state index contributed by atoms with van der Waals surface area (Å²) in [6.07, 6.45) is 4.63. The van der Waals surface area contributed by atoms with Crippen LogP contribution in [0.15, 0.2) is 52.5 Å². The summed E-state index contributed by atoms with van der Waals surface area (Å²) < 4.78 is 21.0. The summed E-state index contributed by atoms with van der Waals surface area (Å²) in [5.74, 6) is 2.68. The van der Waals surface area contributed by atoms with Crippen molar-refractivity contribution in [1.29, 1.82) is 5.26 Å². The molecule has 0 aliphatic heterocycles. The molecule has 3 aliphatic rings. The number of guanidine groups is 1. The molecule has 1 N–H and O–H groups in total. The Morgan fingerprint density at radius 1 is 1.29 bits per heavy atom. The lowest BCUT2D eigenvalue weighted by Crippen LogP contribution is -2.56. The van der Waals surface area contributed by atoms with Crippen molar-refractivity contribution in [3.05, 3.63) is 64.5 Å². The number of methoxy groups -OCH3 is 1. The number of nitrogens with zero attached hydrogens (tertiary/aromatic N) is 5. The molecule has 3 aliphatic carbocycles. The highest BCUT2D eigenvalue weighted by Crippen LogP contribution is 2.61. The van der Waals surface area contributed by atoms with E-state index in [9.17, 15) is 9.18 Å². The maximum atomic E-state index is 14.4. The van der Waals surface area contributed by atoms with Gasteiger partial charge in [-0.3, -0.25) is 9.36 Å². The first kappa shape index (κ1) is 28.6. The Kier molecular flexibility index (Phi) is 8.03. The van der Waals surface area contributed by atoms with Crippen LogP contribution in [0.5, 0.6) is 5.75 Å². The molecule has 0 spiro atoms. The number of halogens is 1. The predicted molar refractivity (Wildman–Crippen MR) is 160 cm³/mol. The van der Waals surface area contributed by atoms with Gasteiger partial charge in [-0.05, 0) is 72.3 Å². The topological polar surface area (TPSA) is 95.5 Å². The van der Waals surface area contributed by atoms with Crippen molar-refractivity contribution in [3.8, 4) is 11.8 Å². The van der Waals surface area contributed by atoms with Gasteiger partial charge in [-0.2, -0.15) is 5.26 Å². The van der Waals surface area contributed by atoms with Crippen LogP contribution in [-0.2, 0) is 13.0 Å². The van der Waals surface area contributed by atoms with Crippen LogP contribution in [-0.4, -0.2) is 47.2 Å². The summed E-state index contributed by atoms with van der Waals surface area (Å²) in [7, 11) is 3.45. The Bertz CT molecular complexity index is 1560. The van der Waals surface area contributed by atoms with Crippen molar-refractivity contribution in [2.75, 3.05) is 26.0 Å². The lowest BCUT2D eigenvalue weighted by molar-refractivity contribution is -0.108. The second kappa shape index (κ2) is 11.5. The van der Waals surface area contributed by atoms with Gasteiger partial charge in [0.1, 0.15) is 11.6 Å². The van der Waals surface area contributed by atoms with Gasteiger partial charge in [0, 0.05) is 31.9 Å². The number of ether oxygens (including phenoxy) is 1. The number of nitrogens with one attached hydrogen (secondary N) is 1. The molecule has 8 nitrogen and oxygen atoms in total. The number of aliphatic imine (C=N–C) groups is 1. The molecule has 0 saturated heterocycles. The summed E-state index contributed by atoms with van der Waals surface area (Å²) in [5.41, 5.74) is 2.07. The Balaban J connectivity index is 1.35. The van der Waals surface area contributed by atoms with Crippen molar-refractivity contribution in [2.45, 2.75) is 59.0 Å². The van der Waals surface area contributed by atoms with Crippen molar-refractivity contribution in [3.63, 3.8) is 0 Å². The number of rotatable bonds is 8. The molecule has 3 aromatic rings. The van der Waals surface area contributed by atoms with Gasteiger partial charge in [0.2, 0.25) is 0 Å². The monoisotopic (exact) mass is 558 g/mol. The largest absolute Gasteiger partial charge is 0.497 e. The molecule has 0 radical (unpaired) electrons. The molecule has 2 bridgehead atoms. The van der Waals surface area contributed by atoms with Gasteiger partial charge in [0.05, 0.1) is 42.9 Å². The first-order valence-electron chi connectivity index (χ1n) is 14.4. The normalized spacial score (nSPS) is 23.0. The quantitative estimate of drug-likeness (QED) is 0.291. The average Bonchev–Trinajstić information content (AvgIpc) is 2.96. The van der Waals surface area contributed by atoms with E-state index < -0.39 is 0 Å². The van der Waals surface area contributed by atoms with Crippen LogP contribution in [0.1, 0.15) is 45.6 Å². The van der Waals surface area contributed by atoms with Crippen molar-refractivity contribution >= 4 is 22.5 Å². The lowest BCUT2D eigenvalue weighted by Gasteiger charge is -2.61. The molecule has 6 rings (SSSR count). The first-order chi connectivity index (χ1) is 19.6. The standard InChI is InChI=1S/C32H39FN6O2/c1-20-26-15-22(32(26,2)3)16-28(20)37-31(38(4)13-6-12-34)36-23-8-10-25-29(17-23)35-19-39(30(25)40)14-11-21-7-9-24(41-5)18-27(21)33/h7-10,17-20,22,26,28H,6,11,13-16H2,1-5H3,(H,36,37)/t20-,22-,26+,28?/m0/s1. The minimum atomic E-state index is -0.359. The van der Waals surface area contributed by atoms with E-state index >= 15 is 0 Å². The molecule has 4 atom stereocenters. The summed E-state index contributed by atoms with van der Waals surface area (Å²) in [4.78, 5) is 24.9. The van der Waals surface area contributed by atoms with Crippen LogP contribution >= 0.6 is 0 Å². The minimum Gasteiger partial charge on any atom is -0.497 e.